The van der Waals surface area contributed by atoms with Gasteiger partial charge < -0.3 is 5.73 Å². The van der Waals surface area contributed by atoms with Crippen molar-refractivity contribution in [1.29, 1.82) is 0 Å². The van der Waals surface area contributed by atoms with Crippen LogP contribution in [0.5, 0.6) is 0 Å². The largest absolute Gasteiger partial charge is 0.320 e. The highest BCUT2D eigenvalue weighted by molar-refractivity contribution is 6.30. The van der Waals surface area contributed by atoms with E-state index in [1.807, 2.05) is 20.8 Å². The maximum atomic E-state index is 14.0. The van der Waals surface area contributed by atoms with Crippen molar-refractivity contribution in [1.82, 2.24) is 0 Å². The summed E-state index contributed by atoms with van der Waals surface area (Å²) in [6.07, 6.45) is 0. The second kappa shape index (κ2) is 5.32. The van der Waals surface area contributed by atoms with Crippen LogP contribution in [0, 0.1) is 26.6 Å². The molecule has 2 N–H and O–H groups in total. The maximum Gasteiger partial charge on any atom is 0.129 e. The van der Waals surface area contributed by atoms with Crippen molar-refractivity contribution in [3.8, 4) is 0 Å². The minimum atomic E-state index is -0.474. The van der Waals surface area contributed by atoms with Gasteiger partial charge in [-0.3, -0.25) is 0 Å². The molecule has 3 heteroatoms. The summed E-state index contributed by atoms with van der Waals surface area (Å²) in [5, 5.41) is 0.380. The summed E-state index contributed by atoms with van der Waals surface area (Å²) in [7, 11) is 0. The second-order valence-corrected chi connectivity index (χ2v) is 5.39. The van der Waals surface area contributed by atoms with Crippen LogP contribution < -0.4 is 5.73 Å². The zero-order valence-electron chi connectivity index (χ0n) is 11.3. The van der Waals surface area contributed by atoms with Gasteiger partial charge in [-0.2, -0.15) is 0 Å². The molecule has 1 unspecified atom stereocenters. The molecule has 0 aliphatic heterocycles. The van der Waals surface area contributed by atoms with Crippen molar-refractivity contribution in [3.63, 3.8) is 0 Å². The first-order valence-electron chi connectivity index (χ1n) is 6.18. The Morgan fingerprint density at radius 1 is 1.05 bits per heavy atom. The highest BCUT2D eigenvalue weighted by Crippen LogP contribution is 2.29. The van der Waals surface area contributed by atoms with Crippen molar-refractivity contribution in [2.75, 3.05) is 0 Å². The Labute approximate surface area is 118 Å². The molecule has 2 rings (SSSR count). The third-order valence-corrected chi connectivity index (χ3v) is 3.58. The van der Waals surface area contributed by atoms with Crippen molar-refractivity contribution >= 4 is 11.6 Å². The smallest absolute Gasteiger partial charge is 0.129 e. The predicted molar refractivity (Wildman–Crippen MR) is 78.1 cm³/mol. The van der Waals surface area contributed by atoms with Crippen LogP contribution >= 0.6 is 11.6 Å². The highest BCUT2D eigenvalue weighted by atomic mass is 35.5. The molecule has 0 aromatic heterocycles. The van der Waals surface area contributed by atoms with E-state index in [9.17, 15) is 4.39 Å². The summed E-state index contributed by atoms with van der Waals surface area (Å²) in [5.74, 6) is -0.362. The van der Waals surface area contributed by atoms with Crippen LogP contribution in [-0.2, 0) is 0 Å². The summed E-state index contributed by atoms with van der Waals surface area (Å²) >= 11 is 5.77. The van der Waals surface area contributed by atoms with E-state index < -0.39 is 6.04 Å². The van der Waals surface area contributed by atoms with Gasteiger partial charge in [-0.05, 0) is 49.6 Å². The normalized spacial score (nSPS) is 12.5. The second-order valence-electron chi connectivity index (χ2n) is 4.96. The number of halogens is 2. The van der Waals surface area contributed by atoms with Gasteiger partial charge in [0.05, 0.1) is 6.04 Å². The minimum Gasteiger partial charge on any atom is -0.320 e. The molecular formula is C16H17ClFN. The van der Waals surface area contributed by atoms with Crippen molar-refractivity contribution in [2.45, 2.75) is 26.8 Å². The Bertz CT molecular complexity index is 599. The monoisotopic (exact) mass is 277 g/mol. The van der Waals surface area contributed by atoms with Crippen LogP contribution in [0.2, 0.25) is 5.02 Å². The maximum absolute atomic E-state index is 14.0. The molecule has 100 valence electrons. The molecule has 0 saturated carbocycles. The standard InChI is InChI=1S/C16H17ClFN/c1-9-6-10(2)15(11(3)7-9)16(19)13-5-4-12(17)8-14(13)18/h4-8,16H,19H2,1-3H3. The lowest BCUT2D eigenvalue weighted by Crippen LogP contribution is -2.16. The molecule has 19 heavy (non-hydrogen) atoms. The number of hydrogen-bond donors (Lipinski definition) is 1. The molecule has 0 heterocycles. The summed E-state index contributed by atoms with van der Waals surface area (Å²) in [5.41, 5.74) is 11.0. The predicted octanol–water partition coefficient (Wildman–Crippen LogP) is 4.45. The molecule has 1 nitrogen and oxygen atoms in total. The highest BCUT2D eigenvalue weighted by Gasteiger charge is 2.18. The third-order valence-electron chi connectivity index (χ3n) is 3.35. The Hall–Kier alpha value is -1.38. The van der Waals surface area contributed by atoms with Gasteiger partial charge in [-0.15, -0.1) is 0 Å². The van der Waals surface area contributed by atoms with Gasteiger partial charge in [0.25, 0.3) is 0 Å². The SMILES string of the molecule is Cc1cc(C)c(C(N)c2ccc(Cl)cc2F)c(C)c1. The zero-order valence-corrected chi connectivity index (χ0v) is 12.1. The summed E-state index contributed by atoms with van der Waals surface area (Å²) in [6.45, 7) is 6.05. The first-order valence-corrected chi connectivity index (χ1v) is 6.56. The van der Waals surface area contributed by atoms with Gasteiger partial charge in [-0.1, -0.05) is 35.4 Å². The lowest BCUT2D eigenvalue weighted by atomic mass is 9.90. The van der Waals surface area contributed by atoms with E-state index in [-0.39, 0.29) is 5.82 Å². The first kappa shape index (κ1) is 14.0. The van der Waals surface area contributed by atoms with Crippen LogP contribution in [0.3, 0.4) is 0 Å². The first-order chi connectivity index (χ1) is 8.90. The lowest BCUT2D eigenvalue weighted by Gasteiger charge is -2.19. The molecule has 0 radical (unpaired) electrons. The summed E-state index contributed by atoms with van der Waals surface area (Å²) < 4.78 is 14.0. The number of hydrogen-bond acceptors (Lipinski definition) is 1. The number of rotatable bonds is 2. The van der Waals surface area contributed by atoms with Crippen molar-refractivity contribution < 1.29 is 4.39 Å². The Balaban J connectivity index is 2.53. The molecule has 0 saturated heterocycles. The Morgan fingerprint density at radius 2 is 1.63 bits per heavy atom. The van der Waals surface area contributed by atoms with E-state index in [4.69, 9.17) is 17.3 Å². The summed E-state index contributed by atoms with van der Waals surface area (Å²) in [4.78, 5) is 0. The van der Waals surface area contributed by atoms with Crippen LogP contribution in [0.1, 0.15) is 33.9 Å². The van der Waals surface area contributed by atoms with Crippen LogP contribution in [0.15, 0.2) is 30.3 Å². The van der Waals surface area contributed by atoms with Crippen LogP contribution in [0.4, 0.5) is 4.39 Å². The van der Waals surface area contributed by atoms with E-state index in [0.29, 0.717) is 10.6 Å². The molecule has 0 fully saturated rings. The zero-order chi connectivity index (χ0) is 14.2. The van der Waals surface area contributed by atoms with Gasteiger partial charge >= 0.3 is 0 Å². The van der Waals surface area contributed by atoms with Gasteiger partial charge in [0.1, 0.15) is 5.82 Å². The molecule has 0 bridgehead atoms. The average molecular weight is 278 g/mol. The van der Waals surface area contributed by atoms with Gasteiger partial charge in [0.15, 0.2) is 0 Å². The fourth-order valence-corrected chi connectivity index (χ4v) is 2.75. The van der Waals surface area contributed by atoms with E-state index >= 15 is 0 Å². The topological polar surface area (TPSA) is 26.0 Å². The van der Waals surface area contributed by atoms with Gasteiger partial charge in [-0.25, -0.2) is 4.39 Å². The third kappa shape index (κ3) is 2.80. The van der Waals surface area contributed by atoms with E-state index in [1.165, 1.54) is 11.6 Å². The molecule has 0 amide bonds. The molecule has 2 aromatic rings. The van der Waals surface area contributed by atoms with E-state index in [0.717, 1.165) is 16.7 Å². The summed E-state index contributed by atoms with van der Waals surface area (Å²) in [6, 6.07) is 8.28. The molecule has 0 aliphatic rings. The number of nitrogens with two attached hydrogens (primary N) is 1. The fraction of sp³-hybridized carbons (Fsp3) is 0.250. The quantitative estimate of drug-likeness (QED) is 0.862. The number of aryl methyl sites for hydroxylation is 3. The molecule has 0 aliphatic carbocycles. The van der Waals surface area contributed by atoms with Gasteiger partial charge in [0.2, 0.25) is 0 Å². The molecular weight excluding hydrogens is 261 g/mol. The Kier molecular flexibility index (Phi) is 3.93. The van der Waals surface area contributed by atoms with E-state index in [2.05, 4.69) is 12.1 Å². The lowest BCUT2D eigenvalue weighted by molar-refractivity contribution is 0.599. The average Bonchev–Trinajstić information content (AvgIpc) is 2.26. The molecule has 2 aromatic carbocycles. The fourth-order valence-electron chi connectivity index (χ4n) is 2.59. The van der Waals surface area contributed by atoms with E-state index in [1.54, 1.807) is 12.1 Å². The van der Waals surface area contributed by atoms with Gasteiger partial charge in [0, 0.05) is 10.6 Å². The van der Waals surface area contributed by atoms with Crippen molar-refractivity contribution in [2.24, 2.45) is 5.73 Å². The van der Waals surface area contributed by atoms with Crippen molar-refractivity contribution in [3.05, 3.63) is 69.0 Å². The molecule has 1 atom stereocenters. The van der Waals surface area contributed by atoms with Crippen LogP contribution in [-0.4, -0.2) is 0 Å². The van der Waals surface area contributed by atoms with Crippen LogP contribution in [0.25, 0.3) is 0 Å². The number of benzene rings is 2. The minimum absolute atomic E-state index is 0.362. The Morgan fingerprint density at radius 3 is 2.16 bits per heavy atom. The molecule has 0 spiro atoms.